The van der Waals surface area contributed by atoms with E-state index < -0.39 is 10.0 Å². The molecule has 144 valence electrons. The topological polar surface area (TPSA) is 85.1 Å². The molecule has 3 aromatic heterocycles. The molecule has 28 heavy (non-hydrogen) atoms. The molecule has 0 saturated carbocycles. The van der Waals surface area contributed by atoms with E-state index in [0.29, 0.717) is 20.6 Å². The molecule has 3 heterocycles. The van der Waals surface area contributed by atoms with Crippen molar-refractivity contribution in [3.8, 4) is 22.2 Å². The van der Waals surface area contributed by atoms with Crippen LogP contribution in [0.25, 0.3) is 22.2 Å². The van der Waals surface area contributed by atoms with Crippen LogP contribution >= 0.6 is 34.3 Å². The molecule has 6 nitrogen and oxygen atoms in total. The van der Waals surface area contributed by atoms with Crippen LogP contribution in [0.15, 0.2) is 57.3 Å². The van der Waals surface area contributed by atoms with Gasteiger partial charge in [-0.1, -0.05) is 22.8 Å². The van der Waals surface area contributed by atoms with Crippen LogP contribution in [0, 0.1) is 6.92 Å². The lowest BCUT2D eigenvalue weighted by atomic mass is 10.2. The van der Waals surface area contributed by atoms with Crippen molar-refractivity contribution in [2.75, 3.05) is 0 Å². The maximum Gasteiger partial charge on any atom is 0.268 e. The van der Waals surface area contributed by atoms with Gasteiger partial charge in [0.2, 0.25) is 15.8 Å². The van der Waals surface area contributed by atoms with Crippen LogP contribution < -0.4 is 4.72 Å². The van der Waals surface area contributed by atoms with Gasteiger partial charge in [0.15, 0.2) is 0 Å². The minimum Gasteiger partial charge on any atom is -0.333 e. The van der Waals surface area contributed by atoms with Crippen molar-refractivity contribution < 1.29 is 12.9 Å². The molecule has 0 aliphatic carbocycles. The SMILES string of the molecule is Cc1sc(-c2nc(-c3ccc(Cl)cc3)no2)cc1S(=O)(=O)NCc1cccs1. The van der Waals surface area contributed by atoms with Gasteiger partial charge in [0, 0.05) is 26.9 Å². The minimum absolute atomic E-state index is 0.218. The van der Waals surface area contributed by atoms with Crippen molar-refractivity contribution in [3.63, 3.8) is 0 Å². The lowest BCUT2D eigenvalue weighted by Crippen LogP contribution is -2.22. The predicted molar refractivity (Wildman–Crippen MR) is 111 cm³/mol. The molecule has 0 bridgehead atoms. The third kappa shape index (κ3) is 4.03. The van der Waals surface area contributed by atoms with E-state index in [9.17, 15) is 8.42 Å². The number of hydrogen-bond acceptors (Lipinski definition) is 7. The average molecular weight is 452 g/mol. The van der Waals surface area contributed by atoms with Gasteiger partial charge in [-0.3, -0.25) is 0 Å². The lowest BCUT2D eigenvalue weighted by Gasteiger charge is -2.04. The Bertz CT molecular complexity index is 1200. The summed E-state index contributed by atoms with van der Waals surface area (Å²) in [4.78, 5) is 6.79. The number of nitrogens with zero attached hydrogens (tertiary/aromatic N) is 2. The summed E-state index contributed by atoms with van der Waals surface area (Å²) in [7, 11) is -3.64. The van der Waals surface area contributed by atoms with Gasteiger partial charge in [-0.05, 0) is 48.7 Å². The minimum atomic E-state index is -3.64. The molecule has 10 heteroatoms. The summed E-state index contributed by atoms with van der Waals surface area (Å²) in [6.45, 7) is 2.01. The summed E-state index contributed by atoms with van der Waals surface area (Å²) in [5.74, 6) is 0.690. The molecular weight excluding hydrogens is 438 g/mol. The highest BCUT2D eigenvalue weighted by atomic mass is 35.5. The molecule has 0 radical (unpaired) electrons. The zero-order valence-corrected chi connectivity index (χ0v) is 17.8. The van der Waals surface area contributed by atoms with Crippen molar-refractivity contribution >= 4 is 44.3 Å². The number of aromatic nitrogens is 2. The van der Waals surface area contributed by atoms with Crippen LogP contribution in [0.3, 0.4) is 0 Å². The van der Waals surface area contributed by atoms with E-state index in [0.717, 1.165) is 10.4 Å². The molecule has 0 fully saturated rings. The maximum atomic E-state index is 12.7. The van der Waals surface area contributed by atoms with Crippen molar-refractivity contribution in [2.24, 2.45) is 0 Å². The van der Waals surface area contributed by atoms with Crippen LogP contribution in [0.1, 0.15) is 9.75 Å². The van der Waals surface area contributed by atoms with E-state index in [2.05, 4.69) is 14.9 Å². The van der Waals surface area contributed by atoms with Crippen LogP contribution in [0.2, 0.25) is 5.02 Å². The van der Waals surface area contributed by atoms with Crippen molar-refractivity contribution in [1.82, 2.24) is 14.9 Å². The normalized spacial score (nSPS) is 11.8. The van der Waals surface area contributed by atoms with Crippen LogP contribution in [-0.2, 0) is 16.6 Å². The summed E-state index contributed by atoms with van der Waals surface area (Å²) in [5, 5.41) is 6.50. The molecule has 0 saturated heterocycles. The number of hydrogen-bond donors (Lipinski definition) is 1. The summed E-state index contributed by atoms with van der Waals surface area (Å²) >= 11 is 8.69. The highest BCUT2D eigenvalue weighted by molar-refractivity contribution is 7.89. The standard InChI is InChI=1S/C18H14ClN3O3S3/c1-11-16(28(23,24)20-10-14-3-2-8-26-14)9-15(27-11)18-21-17(22-25-18)12-4-6-13(19)7-5-12/h2-9,20H,10H2,1H3. The molecule has 4 aromatic rings. The summed E-state index contributed by atoms with van der Waals surface area (Å²) in [6, 6.07) is 12.4. The Morgan fingerprint density at radius 2 is 2.00 bits per heavy atom. The number of sulfonamides is 1. The monoisotopic (exact) mass is 451 g/mol. The van der Waals surface area contributed by atoms with E-state index in [1.165, 1.54) is 22.7 Å². The Balaban J connectivity index is 1.58. The fraction of sp³-hybridized carbons (Fsp3) is 0.111. The summed E-state index contributed by atoms with van der Waals surface area (Å²) < 4.78 is 33.3. The molecule has 4 rings (SSSR count). The molecule has 0 aliphatic rings. The second-order valence-corrected chi connectivity index (χ2v) is 10.3. The van der Waals surface area contributed by atoms with Crippen LogP contribution in [0.4, 0.5) is 0 Å². The number of benzene rings is 1. The molecule has 1 aromatic carbocycles. The Kier molecular flexibility index (Phi) is 5.35. The lowest BCUT2D eigenvalue weighted by molar-refractivity contribution is 0.433. The molecule has 0 spiro atoms. The molecule has 0 amide bonds. The first-order valence-electron chi connectivity index (χ1n) is 8.15. The third-order valence-corrected chi connectivity index (χ3v) is 7.74. The van der Waals surface area contributed by atoms with Gasteiger partial charge >= 0.3 is 0 Å². The van der Waals surface area contributed by atoms with Crippen molar-refractivity contribution in [2.45, 2.75) is 18.4 Å². The first kappa shape index (κ1) is 19.3. The maximum absolute atomic E-state index is 12.7. The predicted octanol–water partition coefficient (Wildman–Crippen LogP) is 4.97. The highest BCUT2D eigenvalue weighted by Crippen LogP contribution is 2.33. The smallest absolute Gasteiger partial charge is 0.268 e. The fourth-order valence-corrected chi connectivity index (χ4v) is 5.91. The fourth-order valence-electron chi connectivity index (χ4n) is 2.53. The largest absolute Gasteiger partial charge is 0.333 e. The second-order valence-electron chi connectivity index (χ2n) is 5.87. The molecule has 1 N–H and O–H groups in total. The summed E-state index contributed by atoms with van der Waals surface area (Å²) in [5.41, 5.74) is 0.762. The van der Waals surface area contributed by atoms with Crippen LogP contribution in [-0.4, -0.2) is 18.6 Å². The average Bonchev–Trinajstić information content (AvgIpc) is 3.41. The van der Waals surface area contributed by atoms with E-state index in [1.807, 2.05) is 17.5 Å². The van der Waals surface area contributed by atoms with Gasteiger partial charge in [-0.2, -0.15) is 4.98 Å². The van der Waals surface area contributed by atoms with E-state index >= 15 is 0 Å². The third-order valence-electron chi connectivity index (χ3n) is 3.92. The van der Waals surface area contributed by atoms with Gasteiger partial charge < -0.3 is 4.52 Å². The first-order chi connectivity index (χ1) is 13.4. The zero-order chi connectivity index (χ0) is 19.7. The summed E-state index contributed by atoms with van der Waals surface area (Å²) in [6.07, 6.45) is 0. The van der Waals surface area contributed by atoms with Crippen LogP contribution in [0.5, 0.6) is 0 Å². The van der Waals surface area contributed by atoms with E-state index in [-0.39, 0.29) is 17.3 Å². The Hall–Kier alpha value is -2.04. The second kappa shape index (κ2) is 7.76. The van der Waals surface area contributed by atoms with Gasteiger partial charge in [0.05, 0.1) is 9.77 Å². The number of nitrogens with one attached hydrogen (secondary N) is 1. The number of rotatable bonds is 6. The quantitative estimate of drug-likeness (QED) is 0.447. The highest BCUT2D eigenvalue weighted by Gasteiger charge is 2.23. The molecule has 0 aliphatic heterocycles. The van der Waals surface area contributed by atoms with Gasteiger partial charge in [0.25, 0.3) is 5.89 Å². The van der Waals surface area contributed by atoms with E-state index in [4.69, 9.17) is 16.1 Å². The van der Waals surface area contributed by atoms with E-state index in [1.54, 1.807) is 37.3 Å². The van der Waals surface area contributed by atoms with Crippen molar-refractivity contribution in [1.29, 1.82) is 0 Å². The molecular formula is C18H14ClN3O3S3. The van der Waals surface area contributed by atoms with Crippen molar-refractivity contribution in [3.05, 3.63) is 62.6 Å². The van der Waals surface area contributed by atoms with Gasteiger partial charge in [-0.15, -0.1) is 22.7 Å². The molecule has 0 atom stereocenters. The van der Waals surface area contributed by atoms with Gasteiger partial charge in [0.1, 0.15) is 0 Å². The number of thiophene rings is 2. The Morgan fingerprint density at radius 1 is 1.21 bits per heavy atom. The Labute approximate surface area is 174 Å². The molecule has 0 unspecified atom stereocenters. The first-order valence-corrected chi connectivity index (χ1v) is 11.7. The number of aryl methyl sites for hydroxylation is 1. The number of halogens is 1. The zero-order valence-electron chi connectivity index (χ0n) is 14.5. The van der Waals surface area contributed by atoms with Gasteiger partial charge in [-0.25, -0.2) is 13.1 Å². The Morgan fingerprint density at radius 3 is 2.71 bits per heavy atom.